The van der Waals surface area contributed by atoms with Gasteiger partial charge in [-0.15, -0.1) is 0 Å². The summed E-state index contributed by atoms with van der Waals surface area (Å²) in [6, 6.07) is 9.55. The lowest BCUT2D eigenvalue weighted by molar-refractivity contribution is -0.127. The largest absolute Gasteiger partial charge is 0.395 e. The van der Waals surface area contributed by atoms with E-state index in [9.17, 15) is 4.79 Å². The minimum atomic E-state index is -0.350. The molecule has 1 saturated heterocycles. The van der Waals surface area contributed by atoms with Crippen molar-refractivity contribution in [2.75, 3.05) is 13.2 Å². The highest BCUT2D eigenvalue weighted by atomic mass is 16.3. The van der Waals surface area contributed by atoms with Gasteiger partial charge in [0.2, 0.25) is 5.91 Å². The molecule has 1 amide bonds. The van der Waals surface area contributed by atoms with Crippen molar-refractivity contribution < 1.29 is 9.90 Å². The smallest absolute Gasteiger partial charge is 0.241 e. The van der Waals surface area contributed by atoms with Crippen LogP contribution in [-0.2, 0) is 11.2 Å². The van der Waals surface area contributed by atoms with Crippen molar-refractivity contribution in [3.8, 4) is 0 Å². The fraction of sp³-hybridized carbons (Fsp3) is 0.417. The second-order valence-corrected chi connectivity index (χ2v) is 4.15. The summed E-state index contributed by atoms with van der Waals surface area (Å²) < 4.78 is 0. The molecule has 1 fully saturated rings. The fourth-order valence-corrected chi connectivity index (χ4v) is 1.83. The molecule has 0 bridgehead atoms. The molecule has 1 heterocycles. The van der Waals surface area contributed by atoms with Crippen LogP contribution in [0.25, 0.3) is 0 Å². The third-order valence-electron chi connectivity index (χ3n) is 2.75. The van der Waals surface area contributed by atoms with Gasteiger partial charge in [0, 0.05) is 6.54 Å². The first-order chi connectivity index (χ1) is 8.79. The Kier molecular flexibility index (Phi) is 4.66. The Balaban J connectivity index is 1.84. The van der Waals surface area contributed by atoms with Crippen LogP contribution in [0, 0.1) is 0 Å². The lowest BCUT2D eigenvalue weighted by atomic mass is 10.1. The zero-order chi connectivity index (χ0) is 12.8. The van der Waals surface area contributed by atoms with Crippen LogP contribution in [0.15, 0.2) is 30.3 Å². The van der Waals surface area contributed by atoms with Crippen LogP contribution < -0.4 is 21.5 Å². The summed E-state index contributed by atoms with van der Waals surface area (Å²) in [5, 5.41) is 14.4. The molecule has 1 aliphatic heterocycles. The number of aliphatic hydroxyl groups excluding tert-OH is 1. The monoisotopic (exact) mass is 250 g/mol. The minimum Gasteiger partial charge on any atom is -0.395 e. The molecule has 98 valence electrons. The maximum Gasteiger partial charge on any atom is 0.241 e. The Bertz CT molecular complexity index is 385. The van der Waals surface area contributed by atoms with Crippen LogP contribution in [0.4, 0.5) is 0 Å². The molecule has 2 atom stereocenters. The van der Waals surface area contributed by atoms with E-state index in [1.165, 1.54) is 0 Å². The lowest BCUT2D eigenvalue weighted by Crippen LogP contribution is -2.70. The normalized spacial score (nSPS) is 23.7. The predicted octanol–water partition coefficient (Wildman–Crippen LogP) is -1.31. The molecule has 0 radical (unpaired) electrons. The number of rotatable bonds is 5. The van der Waals surface area contributed by atoms with Crippen molar-refractivity contribution in [3.63, 3.8) is 0 Å². The van der Waals surface area contributed by atoms with Gasteiger partial charge in [-0.05, 0) is 12.0 Å². The van der Waals surface area contributed by atoms with Crippen LogP contribution in [0.3, 0.4) is 0 Å². The van der Waals surface area contributed by atoms with Crippen LogP contribution in [0.2, 0.25) is 0 Å². The van der Waals surface area contributed by atoms with E-state index in [0.717, 1.165) is 5.56 Å². The summed E-state index contributed by atoms with van der Waals surface area (Å²) in [5.74, 6) is -0.0620. The zero-order valence-electron chi connectivity index (χ0n) is 10.0. The molecular formula is C12H18N4O2. The number of carbonyl (C=O) groups is 1. The number of amides is 1. The van der Waals surface area contributed by atoms with E-state index in [-0.39, 0.29) is 24.8 Å². The van der Waals surface area contributed by atoms with Gasteiger partial charge in [-0.1, -0.05) is 30.3 Å². The Labute approximate surface area is 106 Å². The van der Waals surface area contributed by atoms with Crippen LogP contribution in [0.5, 0.6) is 0 Å². The number of hydrazine groups is 1. The molecule has 1 aromatic carbocycles. The first-order valence-electron chi connectivity index (χ1n) is 5.99. The zero-order valence-corrected chi connectivity index (χ0v) is 10.0. The van der Waals surface area contributed by atoms with Crippen LogP contribution in [-0.4, -0.2) is 36.5 Å². The first kappa shape index (κ1) is 13.0. The number of hydrogen-bond donors (Lipinski definition) is 5. The number of aliphatic hydroxyl groups is 1. The van der Waals surface area contributed by atoms with E-state index < -0.39 is 0 Å². The average Bonchev–Trinajstić information content (AvgIpc) is 2.40. The van der Waals surface area contributed by atoms with E-state index in [4.69, 9.17) is 5.11 Å². The number of nitrogens with one attached hydrogen (secondary N) is 4. The van der Waals surface area contributed by atoms with Gasteiger partial charge in [0.25, 0.3) is 0 Å². The standard InChI is InChI=1S/C12H18N4O2/c17-7-6-13-12-14-11(18)10(15-16-12)8-9-4-2-1-3-5-9/h1-5,10,12-13,15-17H,6-8H2,(H,14,18). The van der Waals surface area contributed by atoms with Gasteiger partial charge in [-0.3, -0.25) is 10.1 Å². The topological polar surface area (TPSA) is 85.4 Å². The van der Waals surface area contributed by atoms with E-state index in [0.29, 0.717) is 13.0 Å². The molecule has 2 rings (SSSR count). The maximum absolute atomic E-state index is 11.9. The number of hydrogen-bond acceptors (Lipinski definition) is 5. The summed E-state index contributed by atoms with van der Waals surface area (Å²) in [4.78, 5) is 11.9. The van der Waals surface area contributed by atoms with Crippen molar-refractivity contribution in [2.24, 2.45) is 0 Å². The molecule has 2 unspecified atom stereocenters. The minimum absolute atomic E-state index is 0.0293. The summed E-state index contributed by atoms with van der Waals surface area (Å²) in [5.41, 5.74) is 7.03. The van der Waals surface area contributed by atoms with E-state index in [2.05, 4.69) is 21.5 Å². The SMILES string of the molecule is O=C1NC(NCCO)NNC1Cc1ccccc1. The quantitative estimate of drug-likeness (QED) is 0.448. The second-order valence-electron chi connectivity index (χ2n) is 4.15. The van der Waals surface area contributed by atoms with Crippen LogP contribution >= 0.6 is 0 Å². The van der Waals surface area contributed by atoms with Crippen LogP contribution in [0.1, 0.15) is 5.56 Å². The van der Waals surface area contributed by atoms with Gasteiger partial charge < -0.3 is 10.4 Å². The molecule has 0 spiro atoms. The molecule has 0 aromatic heterocycles. The highest BCUT2D eigenvalue weighted by Gasteiger charge is 2.26. The summed E-state index contributed by atoms with van der Waals surface area (Å²) in [6.07, 6.45) is 0.281. The van der Waals surface area contributed by atoms with E-state index >= 15 is 0 Å². The van der Waals surface area contributed by atoms with Gasteiger partial charge >= 0.3 is 0 Å². The van der Waals surface area contributed by atoms with Crippen molar-refractivity contribution in [3.05, 3.63) is 35.9 Å². The van der Waals surface area contributed by atoms with Gasteiger partial charge in [0.05, 0.1) is 6.61 Å². The summed E-state index contributed by atoms with van der Waals surface area (Å²) >= 11 is 0. The highest BCUT2D eigenvalue weighted by Crippen LogP contribution is 2.04. The second kappa shape index (κ2) is 6.46. The van der Waals surface area contributed by atoms with Gasteiger partial charge in [0.1, 0.15) is 12.3 Å². The molecule has 0 saturated carbocycles. The lowest BCUT2D eigenvalue weighted by Gasteiger charge is -2.31. The van der Waals surface area contributed by atoms with Gasteiger partial charge in [0.15, 0.2) is 0 Å². The molecule has 18 heavy (non-hydrogen) atoms. The van der Waals surface area contributed by atoms with Gasteiger partial charge in [-0.2, -0.15) is 0 Å². The molecule has 1 aliphatic rings. The Hall–Kier alpha value is -1.47. The maximum atomic E-state index is 11.9. The Morgan fingerprint density at radius 1 is 1.22 bits per heavy atom. The molecule has 5 N–H and O–H groups in total. The highest BCUT2D eigenvalue weighted by molar-refractivity contribution is 5.82. The Morgan fingerprint density at radius 2 is 2.00 bits per heavy atom. The average molecular weight is 250 g/mol. The van der Waals surface area contributed by atoms with Crippen molar-refractivity contribution in [2.45, 2.75) is 18.8 Å². The third-order valence-corrected chi connectivity index (χ3v) is 2.75. The molecular weight excluding hydrogens is 232 g/mol. The number of carbonyl (C=O) groups excluding carboxylic acids is 1. The molecule has 1 aromatic rings. The fourth-order valence-electron chi connectivity index (χ4n) is 1.83. The summed E-state index contributed by atoms with van der Waals surface area (Å²) in [7, 11) is 0. The third kappa shape index (κ3) is 3.51. The van der Waals surface area contributed by atoms with E-state index in [1.54, 1.807) is 0 Å². The predicted molar refractivity (Wildman–Crippen MR) is 67.2 cm³/mol. The van der Waals surface area contributed by atoms with E-state index in [1.807, 2.05) is 30.3 Å². The Morgan fingerprint density at radius 3 is 2.67 bits per heavy atom. The molecule has 6 nitrogen and oxygen atoms in total. The summed E-state index contributed by atoms with van der Waals surface area (Å²) in [6.45, 7) is 0.449. The molecule has 6 heteroatoms. The van der Waals surface area contributed by atoms with Crippen molar-refractivity contribution in [1.82, 2.24) is 21.5 Å². The van der Waals surface area contributed by atoms with Gasteiger partial charge in [-0.25, -0.2) is 10.9 Å². The first-order valence-corrected chi connectivity index (χ1v) is 5.99. The molecule has 0 aliphatic carbocycles. The van der Waals surface area contributed by atoms with Crippen molar-refractivity contribution in [1.29, 1.82) is 0 Å². The van der Waals surface area contributed by atoms with Crippen molar-refractivity contribution >= 4 is 5.91 Å². The number of benzene rings is 1.